The fraction of sp³-hybridized carbons (Fsp3) is 0.562. The predicted molar refractivity (Wildman–Crippen MR) is 90.2 cm³/mol. The Bertz CT molecular complexity index is 747. The molecule has 9 heteroatoms. The molecule has 1 aliphatic heterocycles. The normalized spacial score (nSPS) is 18.5. The van der Waals surface area contributed by atoms with Gasteiger partial charge in [-0.05, 0) is 18.9 Å². The Kier molecular flexibility index (Phi) is 4.82. The number of anilines is 2. The highest BCUT2D eigenvalue weighted by molar-refractivity contribution is 5.89. The van der Waals surface area contributed by atoms with Gasteiger partial charge in [-0.3, -0.25) is 4.90 Å². The molecule has 0 unspecified atom stereocenters. The molecular weight excluding hydrogens is 324 g/mol. The zero-order valence-corrected chi connectivity index (χ0v) is 14.8. The number of hydrogen-bond donors (Lipinski definition) is 1. The molecule has 1 amide bonds. The smallest absolute Gasteiger partial charge is 0.415 e. The molecule has 0 aromatic carbocycles. The van der Waals surface area contributed by atoms with Crippen LogP contribution in [0, 0.1) is 5.92 Å². The van der Waals surface area contributed by atoms with Crippen molar-refractivity contribution in [3.63, 3.8) is 0 Å². The Hall–Kier alpha value is -2.71. The van der Waals surface area contributed by atoms with E-state index in [-0.39, 0.29) is 24.1 Å². The van der Waals surface area contributed by atoms with Crippen LogP contribution in [0.2, 0.25) is 0 Å². The first-order valence-electron chi connectivity index (χ1n) is 8.37. The Balaban J connectivity index is 1.78. The maximum atomic E-state index is 12.1. The van der Waals surface area contributed by atoms with Gasteiger partial charge in [-0.2, -0.15) is 9.97 Å². The topological polar surface area (TPSA) is 106 Å². The van der Waals surface area contributed by atoms with E-state index in [4.69, 9.17) is 9.26 Å². The summed E-state index contributed by atoms with van der Waals surface area (Å²) in [6.07, 6.45) is 1.92. The average Bonchev–Trinajstić information content (AvgIpc) is 3.21. The lowest BCUT2D eigenvalue weighted by atomic mass is 10.0. The highest BCUT2D eigenvalue weighted by Gasteiger charge is 2.37. The first-order valence-corrected chi connectivity index (χ1v) is 8.37. The molecule has 1 saturated heterocycles. The largest absolute Gasteiger partial charge is 0.447 e. The van der Waals surface area contributed by atoms with Crippen molar-refractivity contribution in [3.8, 4) is 0 Å². The third-order valence-electron chi connectivity index (χ3n) is 4.08. The fourth-order valence-corrected chi connectivity index (χ4v) is 2.59. The second kappa shape index (κ2) is 7.04. The van der Waals surface area contributed by atoms with Crippen LogP contribution in [0.1, 0.15) is 45.5 Å². The van der Waals surface area contributed by atoms with Crippen LogP contribution in [0.15, 0.2) is 16.8 Å². The number of aryl methyl sites for hydroxylation is 1. The van der Waals surface area contributed by atoms with Crippen molar-refractivity contribution in [1.29, 1.82) is 0 Å². The van der Waals surface area contributed by atoms with E-state index in [1.165, 1.54) is 0 Å². The Morgan fingerprint density at radius 2 is 2.16 bits per heavy atom. The van der Waals surface area contributed by atoms with E-state index in [0.29, 0.717) is 36.5 Å². The van der Waals surface area contributed by atoms with Gasteiger partial charge in [0, 0.05) is 12.6 Å². The van der Waals surface area contributed by atoms with E-state index in [1.807, 2.05) is 27.7 Å². The van der Waals surface area contributed by atoms with Gasteiger partial charge in [0.2, 0.25) is 11.8 Å². The van der Waals surface area contributed by atoms with Crippen molar-refractivity contribution in [2.75, 3.05) is 16.8 Å². The maximum absolute atomic E-state index is 12.1. The lowest BCUT2D eigenvalue weighted by Crippen LogP contribution is -2.37. The van der Waals surface area contributed by atoms with Gasteiger partial charge < -0.3 is 14.6 Å². The number of carbonyl (C=O) groups is 1. The van der Waals surface area contributed by atoms with Gasteiger partial charge in [-0.15, -0.1) is 0 Å². The number of hydrogen-bond acceptors (Lipinski definition) is 8. The molecule has 134 valence electrons. The first-order chi connectivity index (χ1) is 12.0. The molecule has 0 radical (unpaired) electrons. The molecule has 2 aromatic rings. The molecule has 0 bridgehead atoms. The average molecular weight is 346 g/mol. The van der Waals surface area contributed by atoms with Crippen LogP contribution in [0.25, 0.3) is 0 Å². The second-order valence-electron chi connectivity index (χ2n) is 6.27. The molecule has 2 atom stereocenters. The molecule has 25 heavy (non-hydrogen) atoms. The number of cyclic esters (lactones) is 1. The number of nitrogens with one attached hydrogen (secondary N) is 1. The fourth-order valence-electron chi connectivity index (χ4n) is 2.59. The summed E-state index contributed by atoms with van der Waals surface area (Å²) < 4.78 is 10.4. The minimum Gasteiger partial charge on any atom is -0.447 e. The SMILES string of the molecule is CCc1noc([C@@H](C)Nc2nccc(N3C(=O)OC[C@@H]3C(C)C)n2)n1. The predicted octanol–water partition coefficient (Wildman–Crippen LogP) is 2.58. The standard InChI is InChI=1S/C16H22N6O3/c1-5-12-19-14(25-21-12)10(4)18-15-17-7-6-13(20-15)22-11(9(2)3)8-24-16(22)23/h6-7,9-11H,5,8H2,1-4H3,(H,17,18,20)/t10-,11-/m1/s1. The summed E-state index contributed by atoms with van der Waals surface area (Å²) in [5, 5.41) is 7.00. The number of rotatable bonds is 6. The van der Waals surface area contributed by atoms with Gasteiger partial charge in [-0.25, -0.2) is 9.78 Å². The minimum atomic E-state index is -0.388. The third kappa shape index (κ3) is 3.54. The van der Waals surface area contributed by atoms with Gasteiger partial charge in [0.05, 0.1) is 6.04 Å². The molecule has 0 spiro atoms. The van der Waals surface area contributed by atoms with Crippen LogP contribution in [0.3, 0.4) is 0 Å². The van der Waals surface area contributed by atoms with Gasteiger partial charge in [-0.1, -0.05) is 25.9 Å². The lowest BCUT2D eigenvalue weighted by Gasteiger charge is -2.23. The number of amides is 1. The van der Waals surface area contributed by atoms with Gasteiger partial charge in [0.15, 0.2) is 5.82 Å². The second-order valence-corrected chi connectivity index (χ2v) is 6.27. The summed E-state index contributed by atoms with van der Waals surface area (Å²) in [5.74, 6) is 2.25. The summed E-state index contributed by atoms with van der Waals surface area (Å²) >= 11 is 0. The summed E-state index contributed by atoms with van der Waals surface area (Å²) in [5.41, 5.74) is 0. The molecule has 3 heterocycles. The molecule has 1 N–H and O–H groups in total. The van der Waals surface area contributed by atoms with Crippen LogP contribution >= 0.6 is 0 Å². The molecular formula is C16H22N6O3. The number of aromatic nitrogens is 4. The Morgan fingerprint density at radius 1 is 1.36 bits per heavy atom. The Morgan fingerprint density at radius 3 is 2.84 bits per heavy atom. The van der Waals surface area contributed by atoms with E-state index in [0.717, 1.165) is 0 Å². The molecule has 1 aliphatic rings. The zero-order chi connectivity index (χ0) is 18.0. The van der Waals surface area contributed by atoms with Crippen molar-refractivity contribution in [2.24, 2.45) is 5.92 Å². The van der Waals surface area contributed by atoms with E-state index < -0.39 is 0 Å². The lowest BCUT2D eigenvalue weighted by molar-refractivity contribution is 0.177. The van der Waals surface area contributed by atoms with Crippen molar-refractivity contribution >= 4 is 17.9 Å². The Labute approximate surface area is 145 Å². The quantitative estimate of drug-likeness (QED) is 0.850. The van der Waals surface area contributed by atoms with E-state index in [9.17, 15) is 4.79 Å². The highest BCUT2D eigenvalue weighted by Crippen LogP contribution is 2.26. The number of carbonyl (C=O) groups excluding carboxylic acids is 1. The van der Waals surface area contributed by atoms with E-state index >= 15 is 0 Å². The van der Waals surface area contributed by atoms with Crippen LogP contribution in [-0.2, 0) is 11.2 Å². The third-order valence-corrected chi connectivity index (χ3v) is 4.08. The molecule has 0 saturated carbocycles. The van der Waals surface area contributed by atoms with E-state index in [1.54, 1.807) is 17.2 Å². The van der Waals surface area contributed by atoms with Gasteiger partial charge in [0.25, 0.3) is 0 Å². The van der Waals surface area contributed by atoms with Crippen molar-refractivity contribution in [2.45, 2.75) is 46.2 Å². The van der Waals surface area contributed by atoms with Crippen molar-refractivity contribution in [3.05, 3.63) is 24.0 Å². The van der Waals surface area contributed by atoms with Gasteiger partial charge in [0.1, 0.15) is 18.5 Å². The zero-order valence-electron chi connectivity index (χ0n) is 14.8. The molecule has 3 rings (SSSR count). The first kappa shape index (κ1) is 17.1. The number of ether oxygens (including phenoxy) is 1. The summed E-state index contributed by atoms with van der Waals surface area (Å²) in [6, 6.07) is 1.39. The summed E-state index contributed by atoms with van der Waals surface area (Å²) in [4.78, 5) is 26.6. The van der Waals surface area contributed by atoms with Crippen LogP contribution in [0.5, 0.6) is 0 Å². The molecule has 1 fully saturated rings. The number of nitrogens with zero attached hydrogens (tertiary/aromatic N) is 5. The van der Waals surface area contributed by atoms with Gasteiger partial charge >= 0.3 is 6.09 Å². The van der Waals surface area contributed by atoms with Crippen LogP contribution in [0.4, 0.5) is 16.6 Å². The molecule has 2 aromatic heterocycles. The van der Waals surface area contributed by atoms with Crippen molar-refractivity contribution in [1.82, 2.24) is 20.1 Å². The molecule has 0 aliphatic carbocycles. The van der Waals surface area contributed by atoms with E-state index in [2.05, 4.69) is 25.4 Å². The van der Waals surface area contributed by atoms with Crippen molar-refractivity contribution < 1.29 is 14.1 Å². The monoisotopic (exact) mass is 346 g/mol. The highest BCUT2D eigenvalue weighted by atomic mass is 16.6. The minimum absolute atomic E-state index is 0.0456. The van der Waals surface area contributed by atoms with Crippen LogP contribution in [-0.4, -0.2) is 38.9 Å². The maximum Gasteiger partial charge on any atom is 0.415 e. The summed E-state index contributed by atoms with van der Waals surface area (Å²) in [7, 11) is 0. The molecule has 9 nitrogen and oxygen atoms in total. The van der Waals surface area contributed by atoms with Crippen LogP contribution < -0.4 is 10.2 Å². The summed E-state index contributed by atoms with van der Waals surface area (Å²) in [6.45, 7) is 8.29.